The number of fused-ring (bicyclic) bond motifs is 1. The van der Waals surface area contributed by atoms with Gasteiger partial charge < -0.3 is 69.3 Å². The van der Waals surface area contributed by atoms with Crippen molar-refractivity contribution in [2.45, 2.75) is 55.3 Å². The number of hydrogen-bond acceptors (Lipinski definition) is 15. The SMILES string of the molecule is O=c1c(O[C@@H]2O[C@H](CO)[C@H](O)[C@H](O)[C@H]2O[C@@H]2O[C@H](CO)[C@H](O)[C@H]2O)c(-c2ccc(O)cc2)oc2cc(O)cc(O)c12. The van der Waals surface area contributed by atoms with E-state index < -0.39 is 96.6 Å². The number of phenolic OH excluding ortho intramolecular Hbond substituents is 3. The number of benzene rings is 2. The molecule has 1 aromatic heterocycles. The van der Waals surface area contributed by atoms with Crippen LogP contribution in [-0.4, -0.2) is 114 Å². The molecule has 3 heterocycles. The number of ether oxygens (including phenoxy) is 4. The van der Waals surface area contributed by atoms with Crippen molar-refractivity contribution in [3.8, 4) is 34.3 Å². The minimum Gasteiger partial charge on any atom is -0.508 e. The maximum absolute atomic E-state index is 13.7. The lowest BCUT2D eigenvalue weighted by molar-refractivity contribution is -0.320. The van der Waals surface area contributed by atoms with E-state index in [-0.39, 0.29) is 22.7 Å². The molecule has 0 aliphatic carbocycles. The highest BCUT2D eigenvalue weighted by molar-refractivity contribution is 5.88. The maximum atomic E-state index is 13.7. The van der Waals surface area contributed by atoms with Crippen LogP contribution < -0.4 is 10.2 Å². The van der Waals surface area contributed by atoms with Gasteiger partial charge in [0, 0.05) is 17.7 Å². The Labute approximate surface area is 230 Å². The van der Waals surface area contributed by atoms with E-state index in [0.29, 0.717) is 0 Å². The Morgan fingerprint density at radius 3 is 2.00 bits per heavy atom. The Morgan fingerprint density at radius 2 is 1.37 bits per heavy atom. The summed E-state index contributed by atoms with van der Waals surface area (Å²) in [5.41, 5.74) is -0.991. The van der Waals surface area contributed by atoms with Crippen molar-refractivity contribution < 1.29 is 69.3 Å². The molecule has 0 saturated carbocycles. The quantitative estimate of drug-likeness (QED) is 0.150. The molecule has 0 amide bonds. The highest BCUT2D eigenvalue weighted by Crippen LogP contribution is 2.38. The maximum Gasteiger partial charge on any atom is 0.239 e. The fraction of sp³-hybridized carbons (Fsp3) is 0.423. The van der Waals surface area contributed by atoms with E-state index in [4.69, 9.17) is 23.4 Å². The first kappa shape index (κ1) is 29.0. The second-order valence-corrected chi connectivity index (χ2v) is 9.61. The largest absolute Gasteiger partial charge is 0.508 e. The predicted molar refractivity (Wildman–Crippen MR) is 134 cm³/mol. The topological polar surface area (TPSA) is 249 Å². The zero-order valence-corrected chi connectivity index (χ0v) is 21.0. The summed E-state index contributed by atoms with van der Waals surface area (Å²) in [6, 6.07) is 7.30. The van der Waals surface area contributed by atoms with Gasteiger partial charge in [-0.05, 0) is 24.3 Å². The van der Waals surface area contributed by atoms with E-state index in [2.05, 4.69) is 0 Å². The third-order valence-corrected chi connectivity index (χ3v) is 6.90. The van der Waals surface area contributed by atoms with Crippen LogP contribution in [0.4, 0.5) is 0 Å². The predicted octanol–water partition coefficient (Wildman–Crippen LogP) is -1.78. The van der Waals surface area contributed by atoms with E-state index in [0.717, 1.165) is 12.1 Å². The lowest BCUT2D eigenvalue weighted by Gasteiger charge is -2.42. The van der Waals surface area contributed by atoms with Gasteiger partial charge >= 0.3 is 0 Å². The smallest absolute Gasteiger partial charge is 0.239 e. The molecule has 9 atom stereocenters. The number of aromatic hydroxyl groups is 3. The standard InChI is InChI=1S/C26H28O15/c27-7-14-17(32)20(35)24(41-25-21(36)18(33)15(8-28)38-25)26(39-14)40-23-19(34)16-12(31)5-11(30)6-13(16)37-22(23)9-1-3-10(29)4-2-9/h1-6,14-15,17-18,20-21,24-33,35-36H,7-8H2/t14-,15-,17+,18+,20+,21-,24-,25+,26+/m1/s1. The van der Waals surface area contributed by atoms with Gasteiger partial charge in [0.15, 0.2) is 18.2 Å². The molecule has 3 aromatic rings. The molecular formula is C26H28O15. The van der Waals surface area contributed by atoms with Crippen LogP contribution in [-0.2, 0) is 14.2 Å². The monoisotopic (exact) mass is 580 g/mol. The van der Waals surface area contributed by atoms with Crippen LogP contribution in [0, 0.1) is 0 Å². The zero-order chi connectivity index (χ0) is 29.6. The molecule has 9 N–H and O–H groups in total. The van der Waals surface area contributed by atoms with Crippen LogP contribution in [0.25, 0.3) is 22.3 Å². The summed E-state index contributed by atoms with van der Waals surface area (Å²) in [4.78, 5) is 13.7. The summed E-state index contributed by atoms with van der Waals surface area (Å²) in [6.07, 6.45) is -14.7. The van der Waals surface area contributed by atoms with Gasteiger partial charge in [-0.15, -0.1) is 0 Å². The minimum atomic E-state index is -1.86. The molecule has 2 aromatic carbocycles. The van der Waals surface area contributed by atoms with Crippen LogP contribution in [0.15, 0.2) is 45.6 Å². The third-order valence-electron chi connectivity index (χ3n) is 6.90. The van der Waals surface area contributed by atoms with Crippen LogP contribution in [0.5, 0.6) is 23.0 Å². The molecule has 41 heavy (non-hydrogen) atoms. The number of phenols is 3. The lowest BCUT2D eigenvalue weighted by atomic mass is 9.99. The van der Waals surface area contributed by atoms with E-state index in [1.807, 2.05) is 0 Å². The molecule has 2 aliphatic rings. The van der Waals surface area contributed by atoms with E-state index in [1.54, 1.807) is 0 Å². The molecule has 2 fully saturated rings. The first-order valence-electron chi connectivity index (χ1n) is 12.4. The minimum absolute atomic E-state index is 0.111. The summed E-state index contributed by atoms with van der Waals surface area (Å²) in [7, 11) is 0. The van der Waals surface area contributed by atoms with Crippen LogP contribution in [0.3, 0.4) is 0 Å². The van der Waals surface area contributed by atoms with Gasteiger partial charge in [-0.25, -0.2) is 0 Å². The Morgan fingerprint density at radius 1 is 0.756 bits per heavy atom. The summed E-state index contributed by atoms with van der Waals surface area (Å²) in [5, 5.41) is 90.5. The lowest BCUT2D eigenvalue weighted by Crippen LogP contribution is -2.62. The summed E-state index contributed by atoms with van der Waals surface area (Å²) in [6.45, 7) is -1.47. The van der Waals surface area contributed by atoms with Gasteiger partial charge in [0.2, 0.25) is 17.5 Å². The van der Waals surface area contributed by atoms with Crippen molar-refractivity contribution in [1.29, 1.82) is 0 Å². The van der Waals surface area contributed by atoms with E-state index >= 15 is 0 Å². The molecule has 0 radical (unpaired) electrons. The number of aliphatic hydroxyl groups is 6. The molecule has 2 saturated heterocycles. The van der Waals surface area contributed by atoms with Crippen molar-refractivity contribution in [3.05, 3.63) is 46.6 Å². The fourth-order valence-corrected chi connectivity index (χ4v) is 4.72. The Kier molecular flexibility index (Phi) is 8.06. The summed E-state index contributed by atoms with van der Waals surface area (Å²) >= 11 is 0. The van der Waals surface area contributed by atoms with Crippen LogP contribution in [0.2, 0.25) is 0 Å². The Balaban J connectivity index is 1.60. The van der Waals surface area contributed by atoms with Crippen molar-refractivity contribution in [2.24, 2.45) is 0 Å². The van der Waals surface area contributed by atoms with Crippen molar-refractivity contribution in [1.82, 2.24) is 0 Å². The second kappa shape index (κ2) is 11.4. The average molecular weight is 580 g/mol. The molecule has 0 unspecified atom stereocenters. The summed E-state index contributed by atoms with van der Waals surface area (Å²) < 4.78 is 28.2. The fourth-order valence-electron chi connectivity index (χ4n) is 4.72. The van der Waals surface area contributed by atoms with Gasteiger partial charge in [0.25, 0.3) is 0 Å². The van der Waals surface area contributed by atoms with Crippen LogP contribution >= 0.6 is 0 Å². The highest BCUT2D eigenvalue weighted by atomic mass is 16.8. The van der Waals surface area contributed by atoms with Gasteiger partial charge in [-0.3, -0.25) is 4.79 Å². The summed E-state index contributed by atoms with van der Waals surface area (Å²) in [5.74, 6) is -2.02. The van der Waals surface area contributed by atoms with Gasteiger partial charge in [-0.1, -0.05) is 0 Å². The van der Waals surface area contributed by atoms with Crippen LogP contribution in [0.1, 0.15) is 0 Å². The molecule has 15 heteroatoms. The molecular weight excluding hydrogens is 552 g/mol. The highest BCUT2D eigenvalue weighted by Gasteiger charge is 2.51. The van der Waals surface area contributed by atoms with Crippen molar-refractivity contribution >= 4 is 11.0 Å². The Hall–Kier alpha value is -3.51. The van der Waals surface area contributed by atoms with Crippen molar-refractivity contribution in [3.63, 3.8) is 0 Å². The molecule has 222 valence electrons. The Bertz CT molecular complexity index is 1440. The van der Waals surface area contributed by atoms with Gasteiger partial charge in [-0.2, -0.15) is 0 Å². The third kappa shape index (κ3) is 5.30. The second-order valence-electron chi connectivity index (χ2n) is 9.61. The molecule has 0 bridgehead atoms. The van der Waals surface area contributed by atoms with E-state index in [9.17, 15) is 50.8 Å². The molecule has 0 spiro atoms. The van der Waals surface area contributed by atoms with Gasteiger partial charge in [0.1, 0.15) is 64.8 Å². The molecule has 15 nitrogen and oxygen atoms in total. The number of hydrogen-bond donors (Lipinski definition) is 9. The van der Waals surface area contributed by atoms with Gasteiger partial charge in [0.05, 0.1) is 13.2 Å². The zero-order valence-electron chi connectivity index (χ0n) is 21.0. The number of rotatable bonds is 7. The first-order chi connectivity index (χ1) is 19.5. The first-order valence-corrected chi connectivity index (χ1v) is 12.4. The van der Waals surface area contributed by atoms with E-state index in [1.165, 1.54) is 24.3 Å². The van der Waals surface area contributed by atoms with Crippen molar-refractivity contribution in [2.75, 3.05) is 13.2 Å². The molecule has 5 rings (SSSR count). The number of aliphatic hydroxyl groups excluding tert-OH is 6. The normalized spacial score (nSPS) is 31.9. The molecule has 2 aliphatic heterocycles. The average Bonchev–Trinajstić information content (AvgIpc) is 3.21.